The lowest BCUT2D eigenvalue weighted by Gasteiger charge is -2.19. The molecule has 1 saturated carbocycles. The van der Waals surface area contributed by atoms with Gasteiger partial charge in [-0.3, -0.25) is 4.98 Å². The first-order valence-corrected chi connectivity index (χ1v) is 6.05. The Labute approximate surface area is 98.2 Å². The lowest BCUT2D eigenvalue weighted by molar-refractivity contribution is 0.544. The Morgan fingerprint density at radius 1 is 1.40 bits per heavy atom. The fraction of sp³-hybridized carbons (Fsp3) is 0.583. The standard InChI is InChI=1S/C12H15BrFN/c1-12(2,3)9-6-8(14)10(13)11(15-9)7-4-5-7/h6-7H,4-5H2,1-3H3. The molecule has 1 aromatic rings. The molecule has 1 aromatic heterocycles. The van der Waals surface area contributed by atoms with Gasteiger partial charge in [0.15, 0.2) is 0 Å². The zero-order chi connectivity index (χ0) is 11.2. The van der Waals surface area contributed by atoms with Crippen LogP contribution in [0.3, 0.4) is 0 Å². The van der Waals surface area contributed by atoms with E-state index in [0.717, 1.165) is 24.2 Å². The molecule has 1 heterocycles. The molecule has 1 aliphatic carbocycles. The molecular weight excluding hydrogens is 257 g/mol. The van der Waals surface area contributed by atoms with E-state index >= 15 is 0 Å². The predicted molar refractivity (Wildman–Crippen MR) is 62.6 cm³/mol. The summed E-state index contributed by atoms with van der Waals surface area (Å²) < 4.78 is 14.2. The molecule has 3 heteroatoms. The molecule has 1 aliphatic rings. The molecule has 0 aliphatic heterocycles. The van der Waals surface area contributed by atoms with E-state index in [0.29, 0.717) is 10.4 Å². The molecular formula is C12H15BrFN. The third-order valence-electron chi connectivity index (χ3n) is 2.67. The highest BCUT2D eigenvalue weighted by Gasteiger charge is 2.30. The molecule has 82 valence electrons. The van der Waals surface area contributed by atoms with E-state index in [9.17, 15) is 4.39 Å². The number of rotatable bonds is 1. The summed E-state index contributed by atoms with van der Waals surface area (Å²) in [6.45, 7) is 6.16. The average molecular weight is 272 g/mol. The number of halogens is 2. The monoisotopic (exact) mass is 271 g/mol. The lowest BCUT2D eigenvalue weighted by Crippen LogP contribution is -2.15. The summed E-state index contributed by atoms with van der Waals surface area (Å²) in [6.07, 6.45) is 2.28. The number of hydrogen-bond donors (Lipinski definition) is 0. The molecule has 0 saturated heterocycles. The Bertz CT molecular complexity index is 391. The molecule has 15 heavy (non-hydrogen) atoms. The number of pyridine rings is 1. The number of nitrogens with zero attached hydrogens (tertiary/aromatic N) is 1. The highest BCUT2D eigenvalue weighted by molar-refractivity contribution is 9.10. The summed E-state index contributed by atoms with van der Waals surface area (Å²) in [6, 6.07) is 1.54. The third kappa shape index (κ3) is 2.22. The minimum Gasteiger partial charge on any atom is -0.256 e. The van der Waals surface area contributed by atoms with Crippen LogP contribution < -0.4 is 0 Å². The first-order chi connectivity index (χ1) is 6.89. The highest BCUT2D eigenvalue weighted by atomic mass is 79.9. The van der Waals surface area contributed by atoms with Gasteiger partial charge in [0.25, 0.3) is 0 Å². The maximum atomic E-state index is 13.7. The zero-order valence-corrected chi connectivity index (χ0v) is 10.9. The van der Waals surface area contributed by atoms with Gasteiger partial charge in [-0.2, -0.15) is 0 Å². The van der Waals surface area contributed by atoms with Crippen molar-refractivity contribution in [2.75, 3.05) is 0 Å². The second-order valence-corrected chi connectivity index (χ2v) is 6.01. The van der Waals surface area contributed by atoms with Gasteiger partial charge in [0, 0.05) is 17.0 Å². The van der Waals surface area contributed by atoms with Crippen LogP contribution in [0.15, 0.2) is 10.5 Å². The van der Waals surface area contributed by atoms with E-state index in [2.05, 4.69) is 41.7 Å². The number of hydrogen-bond acceptors (Lipinski definition) is 1. The first kappa shape index (κ1) is 11.1. The van der Waals surface area contributed by atoms with Crippen molar-refractivity contribution < 1.29 is 4.39 Å². The fourth-order valence-corrected chi connectivity index (χ4v) is 2.06. The quantitative estimate of drug-likeness (QED) is 0.748. The maximum absolute atomic E-state index is 13.7. The largest absolute Gasteiger partial charge is 0.256 e. The van der Waals surface area contributed by atoms with Crippen LogP contribution in [-0.4, -0.2) is 4.98 Å². The third-order valence-corrected chi connectivity index (χ3v) is 3.46. The molecule has 0 unspecified atom stereocenters. The van der Waals surface area contributed by atoms with Gasteiger partial charge in [0.1, 0.15) is 5.82 Å². The Morgan fingerprint density at radius 3 is 2.47 bits per heavy atom. The highest BCUT2D eigenvalue weighted by Crippen LogP contribution is 2.43. The minimum atomic E-state index is -0.183. The Balaban J connectivity index is 2.51. The molecule has 0 N–H and O–H groups in total. The van der Waals surface area contributed by atoms with E-state index < -0.39 is 0 Å². The minimum absolute atomic E-state index is 0.0921. The summed E-state index contributed by atoms with van der Waals surface area (Å²) in [5.74, 6) is 0.285. The van der Waals surface area contributed by atoms with E-state index in [-0.39, 0.29) is 11.2 Å². The van der Waals surface area contributed by atoms with Crippen LogP contribution in [-0.2, 0) is 5.41 Å². The normalized spacial score (nSPS) is 16.9. The van der Waals surface area contributed by atoms with Gasteiger partial charge in [0.05, 0.1) is 10.2 Å². The second-order valence-electron chi connectivity index (χ2n) is 5.21. The molecule has 1 fully saturated rings. The van der Waals surface area contributed by atoms with Crippen molar-refractivity contribution in [1.29, 1.82) is 0 Å². The molecule has 0 aromatic carbocycles. The second kappa shape index (κ2) is 3.55. The SMILES string of the molecule is CC(C)(C)c1cc(F)c(Br)c(C2CC2)n1. The summed E-state index contributed by atoms with van der Waals surface area (Å²) in [7, 11) is 0. The van der Waals surface area contributed by atoms with Gasteiger partial charge >= 0.3 is 0 Å². The van der Waals surface area contributed by atoms with Gasteiger partial charge in [-0.1, -0.05) is 20.8 Å². The average Bonchev–Trinajstić information content (AvgIpc) is 2.90. The fourth-order valence-electron chi connectivity index (χ4n) is 1.53. The van der Waals surface area contributed by atoms with Crippen molar-refractivity contribution >= 4 is 15.9 Å². The molecule has 2 rings (SSSR count). The molecule has 0 radical (unpaired) electrons. The van der Waals surface area contributed by atoms with E-state index in [1.807, 2.05) is 0 Å². The summed E-state index contributed by atoms with van der Waals surface area (Å²) >= 11 is 3.28. The van der Waals surface area contributed by atoms with Gasteiger partial charge in [-0.15, -0.1) is 0 Å². The van der Waals surface area contributed by atoms with Crippen LogP contribution in [0, 0.1) is 5.82 Å². The van der Waals surface area contributed by atoms with Gasteiger partial charge in [-0.05, 0) is 34.8 Å². The van der Waals surface area contributed by atoms with Gasteiger partial charge in [0.2, 0.25) is 0 Å². The molecule has 0 atom stereocenters. The van der Waals surface area contributed by atoms with Crippen molar-refractivity contribution in [2.45, 2.75) is 44.9 Å². The Kier molecular flexibility index (Phi) is 2.61. The Morgan fingerprint density at radius 2 is 2.00 bits per heavy atom. The van der Waals surface area contributed by atoms with Crippen LogP contribution in [0.1, 0.15) is 50.9 Å². The van der Waals surface area contributed by atoms with Crippen LogP contribution in [0.4, 0.5) is 4.39 Å². The number of aromatic nitrogens is 1. The van der Waals surface area contributed by atoms with Crippen LogP contribution in [0.25, 0.3) is 0 Å². The summed E-state index contributed by atoms with van der Waals surface area (Å²) in [5.41, 5.74) is 1.65. The van der Waals surface area contributed by atoms with Crippen molar-refractivity contribution in [1.82, 2.24) is 4.98 Å². The first-order valence-electron chi connectivity index (χ1n) is 5.26. The molecule has 0 spiro atoms. The zero-order valence-electron chi connectivity index (χ0n) is 9.27. The van der Waals surface area contributed by atoms with Gasteiger partial charge in [-0.25, -0.2) is 4.39 Å². The van der Waals surface area contributed by atoms with Crippen molar-refractivity contribution in [3.63, 3.8) is 0 Å². The van der Waals surface area contributed by atoms with Gasteiger partial charge < -0.3 is 0 Å². The van der Waals surface area contributed by atoms with E-state index in [1.54, 1.807) is 0 Å². The maximum Gasteiger partial charge on any atom is 0.141 e. The lowest BCUT2D eigenvalue weighted by atomic mass is 9.91. The Hall–Kier alpha value is -0.440. The topological polar surface area (TPSA) is 12.9 Å². The molecule has 1 nitrogen and oxygen atoms in total. The predicted octanol–water partition coefficient (Wildman–Crippen LogP) is 4.16. The van der Waals surface area contributed by atoms with Crippen LogP contribution >= 0.6 is 15.9 Å². The smallest absolute Gasteiger partial charge is 0.141 e. The van der Waals surface area contributed by atoms with E-state index in [1.165, 1.54) is 6.07 Å². The van der Waals surface area contributed by atoms with Crippen molar-refractivity contribution in [3.05, 3.63) is 27.7 Å². The van der Waals surface area contributed by atoms with E-state index in [4.69, 9.17) is 0 Å². The van der Waals surface area contributed by atoms with Crippen LogP contribution in [0.5, 0.6) is 0 Å². The van der Waals surface area contributed by atoms with Crippen molar-refractivity contribution in [3.8, 4) is 0 Å². The van der Waals surface area contributed by atoms with Crippen molar-refractivity contribution in [2.24, 2.45) is 0 Å². The van der Waals surface area contributed by atoms with Crippen LogP contribution in [0.2, 0.25) is 0 Å². The molecule has 0 bridgehead atoms. The molecule has 0 amide bonds. The summed E-state index contributed by atoms with van der Waals surface area (Å²) in [4.78, 5) is 4.58. The summed E-state index contributed by atoms with van der Waals surface area (Å²) in [5, 5.41) is 0.